The van der Waals surface area contributed by atoms with E-state index in [-0.39, 0.29) is 24.3 Å². The van der Waals surface area contributed by atoms with E-state index in [0.29, 0.717) is 11.4 Å². The summed E-state index contributed by atoms with van der Waals surface area (Å²) in [5.74, 6) is 0.726. The fraction of sp³-hybridized carbons (Fsp3) is 0.300. The number of amides is 2. The van der Waals surface area contributed by atoms with Crippen LogP contribution < -0.4 is 15.4 Å². The van der Waals surface area contributed by atoms with Gasteiger partial charge in [0.15, 0.2) is 6.61 Å². The van der Waals surface area contributed by atoms with Crippen molar-refractivity contribution in [1.29, 1.82) is 0 Å². The molecule has 1 aliphatic rings. The second-order valence-corrected chi connectivity index (χ2v) is 6.38. The van der Waals surface area contributed by atoms with Crippen molar-refractivity contribution in [1.82, 2.24) is 0 Å². The zero-order valence-corrected chi connectivity index (χ0v) is 14.5. The smallest absolute Gasteiger partial charge is 0.262 e. The first-order valence-electron chi connectivity index (χ1n) is 8.43. The molecule has 0 atom stereocenters. The predicted octanol–water partition coefficient (Wildman–Crippen LogP) is 3.67. The van der Waals surface area contributed by atoms with Gasteiger partial charge < -0.3 is 15.4 Å². The Balaban J connectivity index is 1.50. The third kappa shape index (κ3) is 4.59. The molecule has 5 heteroatoms. The molecule has 2 amide bonds. The second kappa shape index (κ2) is 7.38. The maximum atomic E-state index is 12.0. The van der Waals surface area contributed by atoms with E-state index < -0.39 is 0 Å². The van der Waals surface area contributed by atoms with Crippen molar-refractivity contribution in [2.45, 2.75) is 26.7 Å². The Morgan fingerprint density at radius 1 is 1.00 bits per heavy atom. The van der Waals surface area contributed by atoms with Gasteiger partial charge in [-0.05, 0) is 68.1 Å². The Labute approximate surface area is 147 Å². The van der Waals surface area contributed by atoms with Crippen molar-refractivity contribution in [2.24, 2.45) is 5.92 Å². The Bertz CT molecular complexity index is 780. The summed E-state index contributed by atoms with van der Waals surface area (Å²) in [6.07, 6.45) is 1.95. The first-order chi connectivity index (χ1) is 12.0. The fourth-order valence-corrected chi connectivity index (χ4v) is 2.45. The van der Waals surface area contributed by atoms with Gasteiger partial charge in [0.05, 0.1) is 0 Å². The van der Waals surface area contributed by atoms with E-state index in [1.165, 1.54) is 0 Å². The van der Waals surface area contributed by atoms with E-state index in [0.717, 1.165) is 29.7 Å². The molecule has 0 aromatic heterocycles. The molecule has 0 heterocycles. The molecule has 2 aromatic rings. The van der Waals surface area contributed by atoms with E-state index in [1.54, 1.807) is 24.3 Å². The first kappa shape index (κ1) is 17.0. The number of aryl methyl sites for hydroxylation is 1. The van der Waals surface area contributed by atoms with Crippen LogP contribution in [0.5, 0.6) is 5.75 Å². The summed E-state index contributed by atoms with van der Waals surface area (Å²) in [4.78, 5) is 23.7. The summed E-state index contributed by atoms with van der Waals surface area (Å²) in [6, 6.07) is 12.8. The predicted molar refractivity (Wildman–Crippen MR) is 97.8 cm³/mol. The molecule has 0 bridgehead atoms. The summed E-state index contributed by atoms with van der Waals surface area (Å²) < 4.78 is 5.59. The number of hydrogen-bond acceptors (Lipinski definition) is 3. The Hall–Kier alpha value is -2.82. The van der Waals surface area contributed by atoms with Gasteiger partial charge in [-0.15, -0.1) is 0 Å². The Kier molecular flexibility index (Phi) is 5.03. The van der Waals surface area contributed by atoms with Crippen LogP contribution in [-0.4, -0.2) is 18.4 Å². The lowest BCUT2D eigenvalue weighted by Crippen LogP contribution is -2.20. The molecular formula is C20H22N2O3. The van der Waals surface area contributed by atoms with Gasteiger partial charge in [0.25, 0.3) is 5.91 Å². The standard InChI is InChI=1S/C20H22N2O3/c1-13-4-3-5-18(14(13)2)25-12-19(23)21-16-8-10-17(11-9-16)22-20(24)15-6-7-15/h3-5,8-11,15H,6-7,12H2,1-2H3,(H,21,23)(H,22,24). The highest BCUT2D eigenvalue weighted by Crippen LogP contribution is 2.30. The lowest BCUT2D eigenvalue weighted by molar-refractivity contribution is -0.118. The molecule has 130 valence electrons. The van der Waals surface area contributed by atoms with Crippen molar-refractivity contribution in [3.63, 3.8) is 0 Å². The van der Waals surface area contributed by atoms with Crippen LogP contribution in [0.1, 0.15) is 24.0 Å². The van der Waals surface area contributed by atoms with Crippen molar-refractivity contribution in [3.8, 4) is 5.75 Å². The zero-order chi connectivity index (χ0) is 17.8. The van der Waals surface area contributed by atoms with Gasteiger partial charge in [0.2, 0.25) is 5.91 Å². The summed E-state index contributed by atoms with van der Waals surface area (Å²) >= 11 is 0. The highest BCUT2D eigenvalue weighted by molar-refractivity contribution is 5.95. The number of anilines is 2. The highest BCUT2D eigenvalue weighted by atomic mass is 16.5. The molecule has 5 nitrogen and oxygen atoms in total. The van der Waals surface area contributed by atoms with Crippen LogP contribution in [0.4, 0.5) is 11.4 Å². The van der Waals surface area contributed by atoms with E-state index in [2.05, 4.69) is 10.6 Å². The number of ether oxygens (including phenoxy) is 1. The van der Waals surface area contributed by atoms with Crippen LogP contribution >= 0.6 is 0 Å². The lowest BCUT2D eigenvalue weighted by Gasteiger charge is -2.11. The Morgan fingerprint density at radius 3 is 2.28 bits per heavy atom. The van der Waals surface area contributed by atoms with Gasteiger partial charge in [-0.1, -0.05) is 12.1 Å². The van der Waals surface area contributed by atoms with Crippen LogP contribution in [0.25, 0.3) is 0 Å². The molecule has 0 radical (unpaired) electrons. The average Bonchev–Trinajstić information content (AvgIpc) is 3.43. The van der Waals surface area contributed by atoms with E-state index in [9.17, 15) is 9.59 Å². The molecule has 1 saturated carbocycles. The molecule has 0 unspecified atom stereocenters. The molecule has 2 aromatic carbocycles. The second-order valence-electron chi connectivity index (χ2n) is 6.38. The average molecular weight is 338 g/mol. The quantitative estimate of drug-likeness (QED) is 0.844. The number of nitrogens with one attached hydrogen (secondary N) is 2. The third-order valence-electron chi connectivity index (χ3n) is 4.30. The molecular weight excluding hydrogens is 316 g/mol. The minimum absolute atomic E-state index is 0.0511. The molecule has 0 spiro atoms. The van der Waals surface area contributed by atoms with Crippen molar-refractivity contribution >= 4 is 23.2 Å². The number of carbonyl (C=O) groups excluding carboxylic acids is 2. The minimum Gasteiger partial charge on any atom is -0.483 e. The van der Waals surface area contributed by atoms with E-state index >= 15 is 0 Å². The van der Waals surface area contributed by atoms with Gasteiger partial charge in [-0.2, -0.15) is 0 Å². The summed E-state index contributed by atoms with van der Waals surface area (Å²) in [5, 5.41) is 5.65. The van der Waals surface area contributed by atoms with Crippen LogP contribution in [0.2, 0.25) is 0 Å². The zero-order valence-electron chi connectivity index (χ0n) is 14.5. The minimum atomic E-state index is -0.226. The first-order valence-corrected chi connectivity index (χ1v) is 8.43. The number of carbonyl (C=O) groups is 2. The van der Waals surface area contributed by atoms with Crippen molar-refractivity contribution in [2.75, 3.05) is 17.2 Å². The number of benzene rings is 2. The normalized spacial score (nSPS) is 13.2. The van der Waals surface area contributed by atoms with Gasteiger partial charge in [-0.25, -0.2) is 0 Å². The fourth-order valence-electron chi connectivity index (χ4n) is 2.45. The van der Waals surface area contributed by atoms with Gasteiger partial charge in [0, 0.05) is 17.3 Å². The van der Waals surface area contributed by atoms with Gasteiger partial charge in [-0.3, -0.25) is 9.59 Å². The molecule has 25 heavy (non-hydrogen) atoms. The molecule has 1 fully saturated rings. The van der Waals surface area contributed by atoms with Crippen LogP contribution in [0.15, 0.2) is 42.5 Å². The lowest BCUT2D eigenvalue weighted by atomic mass is 10.1. The number of hydrogen-bond donors (Lipinski definition) is 2. The van der Waals surface area contributed by atoms with Gasteiger partial charge >= 0.3 is 0 Å². The summed E-state index contributed by atoms with van der Waals surface area (Å²) in [7, 11) is 0. The maximum absolute atomic E-state index is 12.0. The van der Waals surface area contributed by atoms with Crippen LogP contribution in [0, 0.1) is 19.8 Å². The maximum Gasteiger partial charge on any atom is 0.262 e. The largest absolute Gasteiger partial charge is 0.483 e. The van der Waals surface area contributed by atoms with Crippen LogP contribution in [-0.2, 0) is 9.59 Å². The molecule has 0 saturated heterocycles. The molecule has 3 rings (SSSR count). The molecule has 0 aliphatic heterocycles. The Morgan fingerprint density at radius 2 is 1.64 bits per heavy atom. The SMILES string of the molecule is Cc1cccc(OCC(=O)Nc2ccc(NC(=O)C3CC3)cc2)c1C. The topological polar surface area (TPSA) is 67.4 Å². The number of rotatable bonds is 6. The van der Waals surface area contributed by atoms with E-state index in [1.807, 2.05) is 32.0 Å². The third-order valence-corrected chi connectivity index (χ3v) is 4.30. The molecule has 1 aliphatic carbocycles. The van der Waals surface area contributed by atoms with Crippen LogP contribution in [0.3, 0.4) is 0 Å². The van der Waals surface area contributed by atoms with Crippen molar-refractivity contribution < 1.29 is 14.3 Å². The molecule has 2 N–H and O–H groups in total. The summed E-state index contributed by atoms with van der Waals surface area (Å²) in [5.41, 5.74) is 3.56. The van der Waals surface area contributed by atoms with E-state index in [4.69, 9.17) is 4.74 Å². The monoisotopic (exact) mass is 338 g/mol. The summed E-state index contributed by atoms with van der Waals surface area (Å²) in [6.45, 7) is 3.92. The van der Waals surface area contributed by atoms with Gasteiger partial charge in [0.1, 0.15) is 5.75 Å². The highest BCUT2D eigenvalue weighted by Gasteiger charge is 2.29. The van der Waals surface area contributed by atoms with Crippen molar-refractivity contribution in [3.05, 3.63) is 53.6 Å².